The molecule has 2 N–H and O–H groups in total. The van der Waals surface area contributed by atoms with Crippen molar-refractivity contribution < 1.29 is 33.7 Å². The molecule has 0 heterocycles. The van der Waals surface area contributed by atoms with E-state index in [9.17, 15) is 18.8 Å². The van der Waals surface area contributed by atoms with Gasteiger partial charge in [0.1, 0.15) is 6.61 Å². The molecule has 8 nitrogen and oxygen atoms in total. The molecule has 0 fully saturated rings. The van der Waals surface area contributed by atoms with Gasteiger partial charge < -0.3 is 19.8 Å². The first-order valence-electron chi connectivity index (χ1n) is 15.1. The number of carbonyl (C=O) groups is 3. The quantitative estimate of drug-likeness (QED) is 0.0557. The summed E-state index contributed by atoms with van der Waals surface area (Å²) in [5, 5.41) is 15.6. The number of hydrogen-bond donors (Lipinski definition) is 2. The lowest BCUT2D eigenvalue weighted by atomic mass is 10.1. The zero-order chi connectivity index (χ0) is 33.0. The van der Waals surface area contributed by atoms with Crippen molar-refractivity contribution in [3.63, 3.8) is 0 Å². The first-order chi connectivity index (χ1) is 21.1. The Hall–Kier alpha value is -3.82. The van der Waals surface area contributed by atoms with Crippen LogP contribution in [0, 0.1) is 5.82 Å². The van der Waals surface area contributed by atoms with Gasteiger partial charge in [0.2, 0.25) is 0 Å². The fourth-order valence-corrected chi connectivity index (χ4v) is 3.97. The van der Waals surface area contributed by atoms with Crippen molar-refractivity contribution in [3.05, 3.63) is 91.3 Å². The van der Waals surface area contributed by atoms with Gasteiger partial charge in [-0.3, -0.25) is 9.69 Å². The van der Waals surface area contributed by atoms with Crippen LogP contribution in [0.3, 0.4) is 0 Å². The molecule has 0 aliphatic heterocycles. The van der Waals surface area contributed by atoms with E-state index in [4.69, 9.17) is 14.9 Å². The zero-order valence-electron chi connectivity index (χ0n) is 26.5. The molecule has 1 rings (SSSR count). The van der Waals surface area contributed by atoms with E-state index in [1.807, 2.05) is 37.4 Å². The van der Waals surface area contributed by atoms with Crippen LogP contribution < -0.4 is 4.74 Å². The average molecular weight is 615 g/mol. The number of carbonyl (C=O) groups excluding carboxylic acids is 1. The Morgan fingerprint density at radius 2 is 1.34 bits per heavy atom. The number of ether oxygens (including phenoxy) is 1. The standard InChI is InChI=1S/C31H47FN2O2.C4H4O4/c1-5-22-33(3)24-16-14-12-10-8-7-9-11-13-15-19-30(35)28-20-21-31(29(32)27-28)36-26-18-17-25-34(4)23-6-2;5-3(6)1-2-4(7)8/h5-6,15,17-21,27H,1-2,7-14,16,22-26H2,3-4H3;1-2H,(H,5,6)(H,7,8). The summed E-state index contributed by atoms with van der Waals surface area (Å²) in [5.41, 5.74) is 0.341. The highest BCUT2D eigenvalue weighted by Gasteiger charge is 2.08. The third-order valence-electron chi connectivity index (χ3n) is 6.32. The van der Waals surface area contributed by atoms with E-state index in [-0.39, 0.29) is 18.1 Å². The van der Waals surface area contributed by atoms with Crippen molar-refractivity contribution in [1.29, 1.82) is 0 Å². The van der Waals surface area contributed by atoms with Gasteiger partial charge >= 0.3 is 11.9 Å². The molecule has 0 aliphatic rings. The third-order valence-corrected chi connectivity index (χ3v) is 6.32. The maximum atomic E-state index is 14.3. The van der Waals surface area contributed by atoms with E-state index in [2.05, 4.69) is 30.0 Å². The molecule has 244 valence electrons. The number of ketones is 1. The first-order valence-corrected chi connectivity index (χ1v) is 15.1. The number of unbranched alkanes of at least 4 members (excludes halogenated alkanes) is 8. The summed E-state index contributed by atoms with van der Waals surface area (Å²) in [6.07, 6.45) is 23.0. The summed E-state index contributed by atoms with van der Waals surface area (Å²) in [5.74, 6) is -3.06. The molecule has 0 amide bonds. The van der Waals surface area contributed by atoms with Gasteiger partial charge in [-0.15, -0.1) is 13.2 Å². The van der Waals surface area contributed by atoms with Crippen molar-refractivity contribution in [3.8, 4) is 5.75 Å². The maximum absolute atomic E-state index is 14.3. The van der Waals surface area contributed by atoms with Crippen LogP contribution in [0.4, 0.5) is 4.39 Å². The summed E-state index contributed by atoms with van der Waals surface area (Å²) in [4.78, 5) is 35.8. The Morgan fingerprint density at radius 3 is 1.91 bits per heavy atom. The second-order valence-corrected chi connectivity index (χ2v) is 10.4. The topological polar surface area (TPSA) is 107 Å². The molecule has 0 saturated carbocycles. The highest BCUT2D eigenvalue weighted by atomic mass is 19.1. The minimum Gasteiger partial charge on any atom is -0.486 e. The van der Waals surface area contributed by atoms with Crippen molar-refractivity contribution in [2.45, 2.75) is 57.8 Å². The molecular formula is C35H51FN2O6. The minimum atomic E-state index is -1.26. The number of allylic oxidation sites excluding steroid dienone is 2. The predicted molar refractivity (Wildman–Crippen MR) is 176 cm³/mol. The monoisotopic (exact) mass is 614 g/mol. The van der Waals surface area contributed by atoms with E-state index >= 15 is 0 Å². The highest BCUT2D eigenvalue weighted by molar-refractivity contribution is 6.04. The normalized spacial score (nSPS) is 11.3. The first kappa shape index (κ1) is 40.2. The molecule has 1 aromatic carbocycles. The summed E-state index contributed by atoms with van der Waals surface area (Å²) >= 11 is 0. The van der Waals surface area contributed by atoms with E-state index in [0.29, 0.717) is 17.7 Å². The number of halogens is 1. The number of likely N-dealkylation sites (N-methyl/N-ethyl adjacent to an activating group) is 2. The van der Waals surface area contributed by atoms with Crippen molar-refractivity contribution >= 4 is 17.7 Å². The summed E-state index contributed by atoms with van der Waals surface area (Å²) < 4.78 is 19.8. The second-order valence-electron chi connectivity index (χ2n) is 10.4. The Bertz CT molecular complexity index is 1070. The van der Waals surface area contributed by atoms with Crippen LogP contribution in [0.5, 0.6) is 5.75 Å². The molecule has 0 saturated heterocycles. The molecule has 0 unspecified atom stereocenters. The van der Waals surface area contributed by atoms with Crippen LogP contribution in [-0.4, -0.2) is 84.6 Å². The molecule has 0 aliphatic carbocycles. The number of rotatable bonds is 24. The van der Waals surface area contributed by atoms with Crippen molar-refractivity contribution in [2.75, 3.05) is 46.9 Å². The van der Waals surface area contributed by atoms with Crippen LogP contribution in [0.1, 0.15) is 68.1 Å². The number of hydrogen-bond acceptors (Lipinski definition) is 6. The smallest absolute Gasteiger partial charge is 0.328 e. The van der Waals surface area contributed by atoms with Gasteiger partial charge in [-0.25, -0.2) is 14.0 Å². The van der Waals surface area contributed by atoms with Crippen LogP contribution in [0.2, 0.25) is 0 Å². The van der Waals surface area contributed by atoms with Gasteiger partial charge in [-0.2, -0.15) is 0 Å². The average Bonchev–Trinajstić information content (AvgIpc) is 2.97. The number of benzene rings is 1. The lowest BCUT2D eigenvalue weighted by molar-refractivity contribution is -0.134. The fraction of sp³-hybridized carbons (Fsp3) is 0.457. The SMILES string of the molecule is C=CCN(C)CC=CCOc1ccc(C(=O)C=CCCCCCCCCCCN(C)CC=C)cc1F.O=C(O)C=CC(=O)O. The molecule has 44 heavy (non-hydrogen) atoms. The lowest BCUT2D eigenvalue weighted by Crippen LogP contribution is -2.19. The van der Waals surface area contributed by atoms with E-state index < -0.39 is 17.8 Å². The minimum absolute atomic E-state index is 0.152. The zero-order valence-corrected chi connectivity index (χ0v) is 26.5. The Morgan fingerprint density at radius 1 is 0.773 bits per heavy atom. The van der Waals surface area contributed by atoms with E-state index in [1.165, 1.54) is 57.1 Å². The summed E-state index contributed by atoms with van der Waals surface area (Å²) in [6.45, 7) is 11.4. The van der Waals surface area contributed by atoms with E-state index in [0.717, 1.165) is 39.0 Å². The van der Waals surface area contributed by atoms with Gasteiger partial charge in [-0.05, 0) is 64.2 Å². The molecule has 0 spiro atoms. The Balaban J connectivity index is 0.00000202. The third kappa shape index (κ3) is 23.7. The molecule has 9 heteroatoms. The van der Waals surface area contributed by atoms with Crippen LogP contribution in [-0.2, 0) is 9.59 Å². The van der Waals surface area contributed by atoms with Crippen LogP contribution in [0.25, 0.3) is 0 Å². The summed E-state index contributed by atoms with van der Waals surface area (Å²) in [7, 11) is 4.13. The largest absolute Gasteiger partial charge is 0.486 e. The fourth-order valence-electron chi connectivity index (χ4n) is 3.97. The molecule has 0 aromatic heterocycles. The molecule has 0 radical (unpaired) electrons. The molecule has 1 aromatic rings. The van der Waals surface area contributed by atoms with Gasteiger partial charge in [0.05, 0.1) is 0 Å². The molecule has 0 bridgehead atoms. The number of carboxylic acids is 2. The molecule has 0 atom stereocenters. The number of aliphatic carboxylic acids is 2. The number of nitrogens with zero attached hydrogens (tertiary/aromatic N) is 2. The molecular weight excluding hydrogens is 563 g/mol. The van der Waals surface area contributed by atoms with Crippen molar-refractivity contribution in [1.82, 2.24) is 9.80 Å². The Labute approximate surface area is 262 Å². The van der Waals surface area contributed by atoms with Crippen molar-refractivity contribution in [2.24, 2.45) is 0 Å². The predicted octanol–water partition coefficient (Wildman–Crippen LogP) is 6.96. The summed E-state index contributed by atoms with van der Waals surface area (Å²) in [6, 6.07) is 4.39. The maximum Gasteiger partial charge on any atom is 0.328 e. The van der Waals surface area contributed by atoms with Gasteiger partial charge in [0.15, 0.2) is 17.3 Å². The van der Waals surface area contributed by atoms with Gasteiger partial charge in [-0.1, -0.05) is 68.9 Å². The van der Waals surface area contributed by atoms with Gasteiger partial charge in [0.25, 0.3) is 0 Å². The number of carboxylic acid groups (broad SMARTS) is 2. The van der Waals surface area contributed by atoms with Gasteiger partial charge in [0, 0.05) is 37.3 Å². The van der Waals surface area contributed by atoms with Crippen LogP contribution >= 0.6 is 0 Å². The lowest BCUT2D eigenvalue weighted by Gasteiger charge is -2.13. The highest BCUT2D eigenvalue weighted by Crippen LogP contribution is 2.19. The second kappa shape index (κ2) is 26.8. The Kier molecular flexibility index (Phi) is 24.5. The van der Waals surface area contributed by atoms with Crippen LogP contribution in [0.15, 0.2) is 80.0 Å². The van der Waals surface area contributed by atoms with E-state index in [1.54, 1.807) is 12.1 Å².